The summed E-state index contributed by atoms with van der Waals surface area (Å²) in [6.45, 7) is 6.77. The second-order valence-electron chi connectivity index (χ2n) is 6.27. The third-order valence-corrected chi connectivity index (χ3v) is 4.39. The molecule has 0 fully saturated rings. The molecule has 1 atom stereocenters. The van der Waals surface area contributed by atoms with Gasteiger partial charge < -0.3 is 10.2 Å². The Morgan fingerprint density at radius 3 is 2.95 bits per heavy atom. The van der Waals surface area contributed by atoms with Crippen LogP contribution in [-0.2, 0) is 13.0 Å². The summed E-state index contributed by atoms with van der Waals surface area (Å²) in [6.07, 6.45) is 7.83. The predicted octanol–water partition coefficient (Wildman–Crippen LogP) is 4.13. The van der Waals surface area contributed by atoms with Crippen molar-refractivity contribution in [2.75, 3.05) is 18.5 Å². The SMILES string of the molecule is CCCCCC(C)NCc1ccc2c(c1)CCCN2C. The van der Waals surface area contributed by atoms with E-state index in [-0.39, 0.29) is 0 Å². The van der Waals surface area contributed by atoms with Crippen LogP contribution in [0, 0.1) is 0 Å². The second-order valence-corrected chi connectivity index (χ2v) is 6.27. The van der Waals surface area contributed by atoms with Crippen LogP contribution in [0.5, 0.6) is 0 Å². The van der Waals surface area contributed by atoms with Gasteiger partial charge >= 0.3 is 0 Å². The van der Waals surface area contributed by atoms with Crippen LogP contribution in [-0.4, -0.2) is 19.6 Å². The number of nitrogens with zero attached hydrogens (tertiary/aromatic N) is 1. The Kier molecular flexibility index (Phi) is 5.90. The molecule has 20 heavy (non-hydrogen) atoms. The highest BCUT2D eigenvalue weighted by molar-refractivity contribution is 5.56. The van der Waals surface area contributed by atoms with Crippen molar-refractivity contribution in [3.8, 4) is 0 Å². The number of unbranched alkanes of at least 4 members (excludes halogenated alkanes) is 2. The summed E-state index contributed by atoms with van der Waals surface area (Å²) in [7, 11) is 2.20. The lowest BCUT2D eigenvalue weighted by molar-refractivity contribution is 0.487. The first-order chi connectivity index (χ1) is 9.70. The van der Waals surface area contributed by atoms with Crippen LogP contribution in [0.15, 0.2) is 18.2 Å². The van der Waals surface area contributed by atoms with Crippen LogP contribution in [0.2, 0.25) is 0 Å². The molecule has 0 aromatic heterocycles. The molecule has 0 spiro atoms. The topological polar surface area (TPSA) is 15.3 Å². The van der Waals surface area contributed by atoms with Gasteiger partial charge in [-0.15, -0.1) is 0 Å². The fourth-order valence-electron chi connectivity index (χ4n) is 3.04. The number of benzene rings is 1. The first-order valence-electron chi connectivity index (χ1n) is 8.27. The first kappa shape index (κ1) is 15.4. The van der Waals surface area contributed by atoms with E-state index in [4.69, 9.17) is 0 Å². The Morgan fingerprint density at radius 1 is 1.30 bits per heavy atom. The van der Waals surface area contributed by atoms with E-state index in [1.54, 1.807) is 0 Å². The van der Waals surface area contributed by atoms with Gasteiger partial charge in [0.05, 0.1) is 0 Å². The molecule has 112 valence electrons. The number of hydrogen-bond acceptors (Lipinski definition) is 2. The van der Waals surface area contributed by atoms with Gasteiger partial charge in [-0.3, -0.25) is 0 Å². The van der Waals surface area contributed by atoms with Gasteiger partial charge in [0.1, 0.15) is 0 Å². The van der Waals surface area contributed by atoms with Crippen LogP contribution in [0.3, 0.4) is 0 Å². The lowest BCUT2D eigenvalue weighted by atomic mass is 9.99. The Balaban J connectivity index is 1.84. The Bertz CT molecular complexity index is 414. The largest absolute Gasteiger partial charge is 0.374 e. The van der Waals surface area contributed by atoms with E-state index in [9.17, 15) is 0 Å². The molecule has 0 saturated heterocycles. The van der Waals surface area contributed by atoms with Crippen LogP contribution in [0.1, 0.15) is 57.1 Å². The van der Waals surface area contributed by atoms with Gasteiger partial charge in [0.2, 0.25) is 0 Å². The van der Waals surface area contributed by atoms with Gasteiger partial charge in [0, 0.05) is 31.9 Å². The third kappa shape index (κ3) is 4.24. The van der Waals surface area contributed by atoms with E-state index in [1.807, 2.05) is 0 Å². The lowest BCUT2D eigenvalue weighted by Crippen LogP contribution is -2.26. The minimum absolute atomic E-state index is 0.625. The van der Waals surface area contributed by atoms with Gasteiger partial charge in [-0.1, -0.05) is 38.3 Å². The molecule has 0 amide bonds. The van der Waals surface area contributed by atoms with E-state index in [0.717, 1.165) is 6.54 Å². The molecule has 0 saturated carbocycles. The summed E-state index contributed by atoms with van der Waals surface area (Å²) in [5, 5.41) is 3.66. The zero-order valence-corrected chi connectivity index (χ0v) is 13.4. The molecule has 2 nitrogen and oxygen atoms in total. The van der Waals surface area contributed by atoms with Crippen LogP contribution >= 0.6 is 0 Å². The van der Waals surface area contributed by atoms with Crippen molar-refractivity contribution < 1.29 is 0 Å². The van der Waals surface area contributed by atoms with Crippen molar-refractivity contribution in [1.29, 1.82) is 0 Å². The molecule has 0 bridgehead atoms. The molecule has 1 aromatic rings. The standard InChI is InChI=1S/C18H30N2/c1-4-5-6-8-15(2)19-14-16-10-11-18-17(13-16)9-7-12-20(18)3/h10-11,13,15,19H,4-9,12,14H2,1-3H3. The highest BCUT2D eigenvalue weighted by atomic mass is 15.1. The number of rotatable bonds is 7. The van der Waals surface area contributed by atoms with E-state index in [1.165, 1.54) is 61.9 Å². The van der Waals surface area contributed by atoms with Crippen LogP contribution in [0.4, 0.5) is 5.69 Å². The maximum absolute atomic E-state index is 3.66. The predicted molar refractivity (Wildman–Crippen MR) is 88.5 cm³/mol. The molecular formula is C18H30N2. The average molecular weight is 274 g/mol. The van der Waals surface area contributed by atoms with Gasteiger partial charge in [0.25, 0.3) is 0 Å². The van der Waals surface area contributed by atoms with Crippen molar-refractivity contribution in [2.45, 2.75) is 65.0 Å². The monoisotopic (exact) mass is 274 g/mol. The van der Waals surface area contributed by atoms with Crippen molar-refractivity contribution >= 4 is 5.69 Å². The smallest absolute Gasteiger partial charge is 0.0396 e. The highest BCUT2D eigenvalue weighted by Crippen LogP contribution is 2.26. The summed E-state index contributed by atoms with van der Waals surface area (Å²) < 4.78 is 0. The average Bonchev–Trinajstić information content (AvgIpc) is 2.45. The van der Waals surface area contributed by atoms with Crippen molar-refractivity contribution in [3.05, 3.63) is 29.3 Å². The molecule has 2 heteroatoms. The Hall–Kier alpha value is -1.02. The van der Waals surface area contributed by atoms with E-state index < -0.39 is 0 Å². The fourth-order valence-corrected chi connectivity index (χ4v) is 3.04. The number of fused-ring (bicyclic) bond motifs is 1. The van der Waals surface area contributed by atoms with Gasteiger partial charge in [-0.2, -0.15) is 0 Å². The number of nitrogens with one attached hydrogen (secondary N) is 1. The molecule has 0 aliphatic carbocycles. The summed E-state index contributed by atoms with van der Waals surface area (Å²) in [5.74, 6) is 0. The normalized spacial score (nSPS) is 16.1. The summed E-state index contributed by atoms with van der Waals surface area (Å²) in [4.78, 5) is 2.38. The second kappa shape index (κ2) is 7.68. The molecule has 1 heterocycles. The fraction of sp³-hybridized carbons (Fsp3) is 0.667. The molecular weight excluding hydrogens is 244 g/mol. The molecule has 0 radical (unpaired) electrons. The first-order valence-corrected chi connectivity index (χ1v) is 8.27. The minimum atomic E-state index is 0.625. The maximum atomic E-state index is 3.66. The quantitative estimate of drug-likeness (QED) is 0.752. The van der Waals surface area contributed by atoms with E-state index in [0.29, 0.717) is 6.04 Å². The minimum Gasteiger partial charge on any atom is -0.374 e. The van der Waals surface area contributed by atoms with Crippen molar-refractivity contribution in [2.24, 2.45) is 0 Å². The zero-order valence-electron chi connectivity index (χ0n) is 13.4. The van der Waals surface area contributed by atoms with E-state index >= 15 is 0 Å². The third-order valence-electron chi connectivity index (χ3n) is 4.39. The summed E-state index contributed by atoms with van der Waals surface area (Å²) >= 11 is 0. The van der Waals surface area contributed by atoms with Crippen molar-refractivity contribution in [1.82, 2.24) is 5.32 Å². The van der Waals surface area contributed by atoms with Crippen LogP contribution < -0.4 is 10.2 Å². The van der Waals surface area contributed by atoms with Gasteiger partial charge in [0.15, 0.2) is 0 Å². The Morgan fingerprint density at radius 2 is 2.15 bits per heavy atom. The van der Waals surface area contributed by atoms with Gasteiger partial charge in [-0.05, 0) is 43.4 Å². The summed E-state index contributed by atoms with van der Waals surface area (Å²) in [5.41, 5.74) is 4.38. The molecule has 1 N–H and O–H groups in total. The van der Waals surface area contributed by atoms with E-state index in [2.05, 4.69) is 49.3 Å². The zero-order chi connectivity index (χ0) is 14.4. The number of hydrogen-bond donors (Lipinski definition) is 1. The molecule has 2 rings (SSSR count). The molecule has 1 aliphatic heterocycles. The van der Waals surface area contributed by atoms with Crippen LogP contribution in [0.25, 0.3) is 0 Å². The molecule has 1 aliphatic rings. The molecule has 1 aromatic carbocycles. The summed E-state index contributed by atoms with van der Waals surface area (Å²) in [6, 6.07) is 7.61. The van der Waals surface area contributed by atoms with Crippen molar-refractivity contribution in [3.63, 3.8) is 0 Å². The number of anilines is 1. The lowest BCUT2D eigenvalue weighted by Gasteiger charge is -2.28. The highest BCUT2D eigenvalue weighted by Gasteiger charge is 2.13. The Labute approximate surface area is 124 Å². The number of aryl methyl sites for hydroxylation is 1. The maximum Gasteiger partial charge on any atom is 0.0396 e. The van der Waals surface area contributed by atoms with Gasteiger partial charge in [-0.25, -0.2) is 0 Å². The molecule has 1 unspecified atom stereocenters.